The van der Waals surface area contributed by atoms with Crippen LogP contribution in [0.25, 0.3) is 0 Å². The number of aliphatic hydroxyl groups excluding tert-OH is 1. The number of hydrogen-bond acceptors (Lipinski definition) is 2. The number of hydrogen-bond donors (Lipinski definition) is 3. The molecule has 0 aromatic carbocycles. The van der Waals surface area contributed by atoms with Crippen molar-refractivity contribution in [2.75, 3.05) is 11.9 Å². The summed E-state index contributed by atoms with van der Waals surface area (Å²) in [6.45, 7) is 0.0537. The van der Waals surface area contributed by atoms with Crippen molar-refractivity contribution in [1.82, 2.24) is 4.98 Å². The predicted molar refractivity (Wildman–Crippen MR) is 45.7 cm³/mol. The predicted octanol–water partition coefficient (Wildman–Crippen LogP) is 0.726. The van der Waals surface area contributed by atoms with Crippen molar-refractivity contribution in [2.24, 2.45) is 0 Å². The number of amides is 1. The monoisotopic (exact) mass is 168 g/mol. The molecule has 0 aliphatic heterocycles. The fraction of sp³-hybridized carbons (Fsp3) is 0.375. The molecule has 1 aromatic rings. The number of nitrogens with one attached hydrogen (secondary N) is 2. The van der Waals surface area contributed by atoms with Crippen LogP contribution in [-0.4, -0.2) is 22.6 Å². The van der Waals surface area contributed by atoms with Crippen molar-refractivity contribution in [3.8, 4) is 0 Å². The highest BCUT2D eigenvalue weighted by atomic mass is 16.3. The van der Waals surface area contributed by atoms with E-state index in [9.17, 15) is 4.79 Å². The van der Waals surface area contributed by atoms with Crippen LogP contribution in [-0.2, 0) is 4.79 Å². The van der Waals surface area contributed by atoms with E-state index in [4.69, 9.17) is 5.11 Å². The maximum Gasteiger partial charge on any atom is 0.225 e. The van der Waals surface area contributed by atoms with E-state index in [-0.39, 0.29) is 12.5 Å². The van der Waals surface area contributed by atoms with Gasteiger partial charge in [0.15, 0.2) is 0 Å². The van der Waals surface area contributed by atoms with Crippen molar-refractivity contribution in [1.29, 1.82) is 0 Å². The van der Waals surface area contributed by atoms with Crippen molar-refractivity contribution in [2.45, 2.75) is 12.8 Å². The summed E-state index contributed by atoms with van der Waals surface area (Å²) in [5, 5.41) is 11.1. The van der Waals surface area contributed by atoms with E-state index >= 15 is 0 Å². The highest BCUT2D eigenvalue weighted by Crippen LogP contribution is 2.02. The second-order valence-corrected chi connectivity index (χ2v) is 2.46. The first-order chi connectivity index (χ1) is 5.83. The molecule has 0 aliphatic carbocycles. The summed E-state index contributed by atoms with van der Waals surface area (Å²) in [6, 6.07) is 3.58. The van der Waals surface area contributed by atoms with Crippen LogP contribution in [0.15, 0.2) is 18.3 Å². The molecular formula is C8H12N2O2. The van der Waals surface area contributed by atoms with E-state index in [1.54, 1.807) is 12.3 Å². The molecule has 12 heavy (non-hydrogen) atoms. The highest BCUT2D eigenvalue weighted by Gasteiger charge is 2.00. The molecule has 1 aromatic heterocycles. The lowest BCUT2D eigenvalue weighted by Crippen LogP contribution is -2.11. The van der Waals surface area contributed by atoms with Gasteiger partial charge in [-0.05, 0) is 18.6 Å². The maximum absolute atomic E-state index is 11.0. The molecule has 0 saturated carbocycles. The lowest BCUT2D eigenvalue weighted by molar-refractivity contribution is -0.116. The van der Waals surface area contributed by atoms with Crippen molar-refractivity contribution in [3.05, 3.63) is 18.3 Å². The Kier molecular flexibility index (Phi) is 3.35. The fourth-order valence-electron chi connectivity index (χ4n) is 0.860. The SMILES string of the molecule is O=C(CCCO)Nc1ccc[nH]1. The van der Waals surface area contributed by atoms with Gasteiger partial charge in [0.25, 0.3) is 0 Å². The quantitative estimate of drug-likeness (QED) is 0.620. The summed E-state index contributed by atoms with van der Waals surface area (Å²) in [5.74, 6) is 0.615. The van der Waals surface area contributed by atoms with E-state index in [0.29, 0.717) is 18.7 Å². The highest BCUT2D eigenvalue weighted by molar-refractivity contribution is 5.89. The van der Waals surface area contributed by atoms with Gasteiger partial charge in [0, 0.05) is 19.2 Å². The average molecular weight is 168 g/mol. The summed E-state index contributed by atoms with van der Waals surface area (Å²) >= 11 is 0. The van der Waals surface area contributed by atoms with Crippen LogP contribution in [0.5, 0.6) is 0 Å². The zero-order valence-electron chi connectivity index (χ0n) is 6.71. The van der Waals surface area contributed by atoms with Crippen LogP contribution >= 0.6 is 0 Å². The summed E-state index contributed by atoms with van der Waals surface area (Å²) in [4.78, 5) is 13.9. The van der Waals surface area contributed by atoms with E-state index < -0.39 is 0 Å². The number of rotatable bonds is 4. The third-order valence-corrected chi connectivity index (χ3v) is 1.43. The van der Waals surface area contributed by atoms with Crippen LogP contribution in [0.4, 0.5) is 5.82 Å². The molecule has 0 spiro atoms. The van der Waals surface area contributed by atoms with E-state index in [1.165, 1.54) is 0 Å². The second kappa shape index (κ2) is 4.56. The van der Waals surface area contributed by atoms with Gasteiger partial charge < -0.3 is 15.4 Å². The normalized spacial score (nSPS) is 9.75. The number of carbonyl (C=O) groups is 1. The summed E-state index contributed by atoms with van der Waals surface area (Å²) in [7, 11) is 0. The number of aromatic nitrogens is 1. The first-order valence-corrected chi connectivity index (χ1v) is 3.87. The van der Waals surface area contributed by atoms with E-state index in [1.807, 2.05) is 6.07 Å². The molecule has 4 nitrogen and oxygen atoms in total. The standard InChI is InChI=1S/C8H12N2O2/c11-6-2-4-8(12)10-7-3-1-5-9-7/h1,3,5,9,11H,2,4,6H2,(H,10,12). The van der Waals surface area contributed by atoms with E-state index in [0.717, 1.165) is 0 Å². The summed E-state index contributed by atoms with van der Waals surface area (Å²) in [5.41, 5.74) is 0. The van der Waals surface area contributed by atoms with Crippen molar-refractivity contribution >= 4 is 11.7 Å². The summed E-state index contributed by atoms with van der Waals surface area (Å²) in [6.07, 6.45) is 2.60. The smallest absolute Gasteiger partial charge is 0.225 e. The van der Waals surface area contributed by atoms with Crippen LogP contribution < -0.4 is 5.32 Å². The number of aliphatic hydroxyl groups is 1. The second-order valence-electron chi connectivity index (χ2n) is 2.46. The van der Waals surface area contributed by atoms with Crippen molar-refractivity contribution in [3.63, 3.8) is 0 Å². The molecule has 0 aliphatic rings. The molecule has 66 valence electrons. The van der Waals surface area contributed by atoms with Gasteiger partial charge in [-0.15, -0.1) is 0 Å². The first kappa shape index (κ1) is 8.80. The molecule has 0 fully saturated rings. The van der Waals surface area contributed by atoms with Gasteiger partial charge in [-0.25, -0.2) is 0 Å². The number of aromatic amines is 1. The lowest BCUT2D eigenvalue weighted by atomic mass is 10.3. The largest absolute Gasteiger partial charge is 0.396 e. The Morgan fingerprint density at radius 1 is 1.67 bits per heavy atom. The molecule has 0 unspecified atom stereocenters. The third-order valence-electron chi connectivity index (χ3n) is 1.43. The fourth-order valence-corrected chi connectivity index (χ4v) is 0.860. The number of anilines is 1. The minimum atomic E-state index is -0.0773. The molecule has 4 heteroatoms. The van der Waals surface area contributed by atoms with Gasteiger partial charge in [0.1, 0.15) is 5.82 Å². The van der Waals surface area contributed by atoms with E-state index in [2.05, 4.69) is 10.3 Å². The average Bonchev–Trinajstić information content (AvgIpc) is 2.53. The van der Waals surface area contributed by atoms with Gasteiger partial charge in [-0.1, -0.05) is 0 Å². The Labute approximate surface area is 70.6 Å². The summed E-state index contributed by atoms with van der Waals surface area (Å²) < 4.78 is 0. The Hall–Kier alpha value is -1.29. The Morgan fingerprint density at radius 3 is 3.08 bits per heavy atom. The molecule has 1 amide bonds. The van der Waals surface area contributed by atoms with Crippen LogP contribution in [0.2, 0.25) is 0 Å². The molecule has 3 N–H and O–H groups in total. The minimum absolute atomic E-state index is 0.0537. The zero-order chi connectivity index (χ0) is 8.81. The van der Waals surface area contributed by atoms with Crippen LogP contribution in [0.3, 0.4) is 0 Å². The number of carbonyl (C=O) groups excluding carboxylic acids is 1. The molecule has 0 radical (unpaired) electrons. The van der Waals surface area contributed by atoms with Gasteiger partial charge in [-0.2, -0.15) is 0 Å². The molecule has 1 heterocycles. The molecule has 0 atom stereocenters. The molecule has 0 saturated heterocycles. The van der Waals surface area contributed by atoms with Gasteiger partial charge in [0.05, 0.1) is 0 Å². The Morgan fingerprint density at radius 2 is 2.50 bits per heavy atom. The van der Waals surface area contributed by atoms with Crippen LogP contribution in [0, 0.1) is 0 Å². The number of H-pyrrole nitrogens is 1. The first-order valence-electron chi connectivity index (χ1n) is 3.87. The molecule has 0 bridgehead atoms. The van der Waals surface area contributed by atoms with Gasteiger partial charge >= 0.3 is 0 Å². The topological polar surface area (TPSA) is 65.1 Å². The van der Waals surface area contributed by atoms with Crippen molar-refractivity contribution < 1.29 is 9.90 Å². The lowest BCUT2D eigenvalue weighted by Gasteiger charge is -2.00. The minimum Gasteiger partial charge on any atom is -0.396 e. The molecular weight excluding hydrogens is 156 g/mol. The zero-order valence-corrected chi connectivity index (χ0v) is 6.71. The Balaban J connectivity index is 2.27. The van der Waals surface area contributed by atoms with Crippen LogP contribution in [0.1, 0.15) is 12.8 Å². The third kappa shape index (κ3) is 2.75. The Bertz CT molecular complexity index is 231. The maximum atomic E-state index is 11.0. The van der Waals surface area contributed by atoms with Gasteiger partial charge in [0.2, 0.25) is 5.91 Å². The molecule has 1 rings (SSSR count). The van der Waals surface area contributed by atoms with Gasteiger partial charge in [-0.3, -0.25) is 4.79 Å².